The molecule has 0 bridgehead atoms. The van der Waals surface area contributed by atoms with Crippen LogP contribution in [-0.2, 0) is 0 Å². The molecule has 1 fully saturated rings. The van der Waals surface area contributed by atoms with Crippen LogP contribution in [0.3, 0.4) is 0 Å². The molecule has 6 heteroatoms. The average Bonchev–Trinajstić information content (AvgIpc) is 2.74. The second-order valence-electron chi connectivity index (χ2n) is 4.53. The predicted octanol–water partition coefficient (Wildman–Crippen LogP) is 3.74. The van der Waals surface area contributed by atoms with E-state index < -0.39 is 23.1 Å². The third-order valence-corrected chi connectivity index (χ3v) is 4.93. The predicted molar refractivity (Wildman–Crippen MR) is 76.5 cm³/mol. The molecule has 2 rings (SSSR count). The summed E-state index contributed by atoms with van der Waals surface area (Å²) in [5, 5.41) is 3.07. The molecular weight excluding hydrogens is 336 g/mol. The number of hydrogen-bond donors (Lipinski definition) is 1. The molecule has 0 heterocycles. The smallest absolute Gasteiger partial charge is 0.257 e. The van der Waals surface area contributed by atoms with Crippen molar-refractivity contribution in [2.24, 2.45) is 0 Å². The highest BCUT2D eigenvalue weighted by Gasteiger charge is 2.29. The van der Waals surface area contributed by atoms with Crippen molar-refractivity contribution in [2.75, 3.05) is 6.26 Å². The molecule has 2 nitrogen and oxygen atoms in total. The number of rotatable bonds is 3. The molecule has 0 aliphatic heterocycles. The van der Waals surface area contributed by atoms with Crippen molar-refractivity contribution >= 4 is 33.6 Å². The first kappa shape index (κ1) is 14.8. The van der Waals surface area contributed by atoms with E-state index >= 15 is 0 Å². The molecule has 1 amide bonds. The first-order valence-corrected chi connectivity index (χ1v) is 8.09. The second kappa shape index (κ2) is 6.22. The number of halogens is 3. The fourth-order valence-electron chi connectivity index (χ4n) is 2.37. The summed E-state index contributed by atoms with van der Waals surface area (Å²) < 4.78 is 27.6. The van der Waals surface area contributed by atoms with Crippen molar-refractivity contribution in [3.63, 3.8) is 0 Å². The number of nitrogens with one attached hydrogen (secondary N) is 1. The molecule has 2 atom stereocenters. The summed E-state index contributed by atoms with van der Waals surface area (Å²) >= 11 is 4.67. The van der Waals surface area contributed by atoms with Crippen LogP contribution in [0, 0.1) is 11.6 Å². The minimum absolute atomic E-state index is 0.00931. The Labute approximate surface area is 123 Å². The maximum atomic E-state index is 13.7. The zero-order valence-corrected chi connectivity index (χ0v) is 12.8. The van der Waals surface area contributed by atoms with Gasteiger partial charge in [-0.1, -0.05) is 22.4 Å². The number of benzene rings is 1. The highest BCUT2D eigenvalue weighted by molar-refractivity contribution is 9.10. The van der Waals surface area contributed by atoms with Gasteiger partial charge in [-0.25, -0.2) is 8.78 Å². The van der Waals surface area contributed by atoms with E-state index in [1.54, 1.807) is 11.8 Å². The number of carbonyl (C=O) groups excluding carboxylic acids is 1. The van der Waals surface area contributed by atoms with Gasteiger partial charge in [0.05, 0.1) is 0 Å². The third-order valence-electron chi connectivity index (χ3n) is 3.31. The fourth-order valence-corrected chi connectivity index (χ4v) is 3.71. The average molecular weight is 350 g/mol. The van der Waals surface area contributed by atoms with E-state index in [0.29, 0.717) is 5.25 Å². The summed E-state index contributed by atoms with van der Waals surface area (Å²) in [7, 11) is 0. The normalized spacial score (nSPS) is 22.5. The number of carbonyl (C=O) groups is 1. The van der Waals surface area contributed by atoms with Crippen molar-refractivity contribution in [1.29, 1.82) is 0 Å². The van der Waals surface area contributed by atoms with Gasteiger partial charge < -0.3 is 5.32 Å². The molecule has 1 aliphatic carbocycles. The van der Waals surface area contributed by atoms with Gasteiger partial charge in [0.1, 0.15) is 17.2 Å². The van der Waals surface area contributed by atoms with Crippen molar-refractivity contribution < 1.29 is 13.6 Å². The van der Waals surface area contributed by atoms with E-state index in [4.69, 9.17) is 0 Å². The molecule has 1 N–H and O–H groups in total. The van der Waals surface area contributed by atoms with Crippen LogP contribution in [-0.4, -0.2) is 23.5 Å². The molecule has 0 aromatic heterocycles. The van der Waals surface area contributed by atoms with Crippen molar-refractivity contribution in [2.45, 2.75) is 30.6 Å². The monoisotopic (exact) mass is 349 g/mol. The van der Waals surface area contributed by atoms with E-state index in [-0.39, 0.29) is 10.5 Å². The lowest BCUT2D eigenvalue weighted by Gasteiger charge is -2.19. The van der Waals surface area contributed by atoms with E-state index in [2.05, 4.69) is 21.2 Å². The van der Waals surface area contributed by atoms with Crippen LogP contribution in [0.5, 0.6) is 0 Å². The Morgan fingerprint density at radius 1 is 1.37 bits per heavy atom. The molecule has 1 aliphatic rings. The molecule has 1 saturated carbocycles. The molecule has 0 saturated heterocycles. The van der Waals surface area contributed by atoms with E-state index in [9.17, 15) is 13.6 Å². The van der Waals surface area contributed by atoms with Gasteiger partial charge in [0.25, 0.3) is 5.91 Å². The van der Waals surface area contributed by atoms with Gasteiger partial charge >= 0.3 is 0 Å². The Kier molecular flexibility index (Phi) is 4.84. The van der Waals surface area contributed by atoms with E-state index in [0.717, 1.165) is 31.4 Å². The van der Waals surface area contributed by atoms with Gasteiger partial charge in [0.2, 0.25) is 0 Å². The zero-order chi connectivity index (χ0) is 14.0. The third kappa shape index (κ3) is 3.28. The minimum atomic E-state index is -0.844. The summed E-state index contributed by atoms with van der Waals surface area (Å²) in [4.78, 5) is 12.0. The van der Waals surface area contributed by atoms with Gasteiger partial charge in [0.15, 0.2) is 0 Å². The first-order valence-electron chi connectivity index (χ1n) is 6.01. The van der Waals surface area contributed by atoms with Gasteiger partial charge in [-0.05, 0) is 31.2 Å². The van der Waals surface area contributed by atoms with E-state index in [1.807, 2.05) is 6.26 Å². The molecule has 19 heavy (non-hydrogen) atoms. The van der Waals surface area contributed by atoms with Crippen LogP contribution < -0.4 is 5.32 Å². The fraction of sp³-hybridized carbons (Fsp3) is 0.462. The number of amides is 1. The van der Waals surface area contributed by atoms with Crippen LogP contribution in [0.25, 0.3) is 0 Å². The van der Waals surface area contributed by atoms with Gasteiger partial charge in [-0.2, -0.15) is 11.8 Å². The lowest BCUT2D eigenvalue weighted by molar-refractivity contribution is 0.0930. The van der Waals surface area contributed by atoms with E-state index in [1.165, 1.54) is 0 Å². The number of thioether (sulfide) groups is 1. The molecule has 0 spiro atoms. The summed E-state index contributed by atoms with van der Waals surface area (Å²) in [6.45, 7) is 0. The van der Waals surface area contributed by atoms with Crippen molar-refractivity contribution in [1.82, 2.24) is 5.32 Å². The quantitative estimate of drug-likeness (QED) is 0.900. The molecule has 0 radical (unpaired) electrons. The molecule has 1 aromatic carbocycles. The van der Waals surface area contributed by atoms with Gasteiger partial charge in [-0.3, -0.25) is 4.79 Å². The Balaban J connectivity index is 2.16. The highest BCUT2D eigenvalue weighted by Crippen LogP contribution is 2.29. The summed E-state index contributed by atoms with van der Waals surface area (Å²) in [5.74, 6) is -2.36. The van der Waals surface area contributed by atoms with Crippen LogP contribution in [0.1, 0.15) is 29.6 Å². The topological polar surface area (TPSA) is 29.1 Å². The molecule has 1 aromatic rings. The standard InChI is InChI=1S/C13H14BrF2NOS/c1-19-11-4-2-3-10(11)17-13(18)12-8(15)5-7(14)6-9(12)16/h5-6,10-11H,2-4H2,1H3,(H,17,18). The van der Waals surface area contributed by atoms with Crippen molar-refractivity contribution in [3.8, 4) is 0 Å². The maximum Gasteiger partial charge on any atom is 0.257 e. The molecule has 104 valence electrons. The Bertz CT molecular complexity index is 475. The Morgan fingerprint density at radius 2 is 2.00 bits per heavy atom. The zero-order valence-electron chi connectivity index (χ0n) is 10.4. The van der Waals surface area contributed by atoms with Crippen LogP contribution >= 0.6 is 27.7 Å². The maximum absolute atomic E-state index is 13.7. The number of hydrogen-bond acceptors (Lipinski definition) is 2. The van der Waals surface area contributed by atoms with Gasteiger partial charge in [-0.15, -0.1) is 0 Å². The summed E-state index contributed by atoms with van der Waals surface area (Å²) in [6.07, 6.45) is 4.89. The van der Waals surface area contributed by atoms with Gasteiger partial charge in [0, 0.05) is 15.8 Å². The Morgan fingerprint density at radius 3 is 2.58 bits per heavy atom. The second-order valence-corrected chi connectivity index (χ2v) is 6.52. The van der Waals surface area contributed by atoms with Crippen molar-refractivity contribution in [3.05, 3.63) is 33.8 Å². The first-order chi connectivity index (χ1) is 9.02. The minimum Gasteiger partial charge on any atom is -0.348 e. The largest absolute Gasteiger partial charge is 0.348 e. The lowest BCUT2D eigenvalue weighted by Crippen LogP contribution is -2.39. The summed E-state index contributed by atoms with van der Waals surface area (Å²) in [5.41, 5.74) is -0.505. The van der Waals surface area contributed by atoms with Crippen LogP contribution in [0.4, 0.5) is 8.78 Å². The Hall–Kier alpha value is -0.620. The highest BCUT2D eigenvalue weighted by atomic mass is 79.9. The molecule has 2 unspecified atom stereocenters. The SMILES string of the molecule is CSC1CCCC1NC(=O)c1c(F)cc(Br)cc1F. The van der Waals surface area contributed by atoms with Crippen LogP contribution in [0.2, 0.25) is 0 Å². The summed E-state index contributed by atoms with van der Waals surface area (Å²) in [6, 6.07) is 2.18. The lowest BCUT2D eigenvalue weighted by atomic mass is 10.1. The molecular formula is C13H14BrF2NOS. The van der Waals surface area contributed by atoms with Crippen LogP contribution in [0.15, 0.2) is 16.6 Å².